The van der Waals surface area contributed by atoms with E-state index in [2.05, 4.69) is 72.7 Å². The van der Waals surface area contributed by atoms with Gasteiger partial charge >= 0.3 is 0 Å². The molecule has 2 saturated heterocycles. The second-order valence-electron chi connectivity index (χ2n) is 12.1. The van der Waals surface area contributed by atoms with Crippen molar-refractivity contribution < 1.29 is 9.53 Å². The molecule has 3 aliphatic rings. The Hall–Kier alpha value is -2.88. The van der Waals surface area contributed by atoms with Crippen molar-refractivity contribution in [3.63, 3.8) is 0 Å². The summed E-state index contributed by atoms with van der Waals surface area (Å²) in [7, 11) is 0. The number of amides is 1. The fourth-order valence-electron chi connectivity index (χ4n) is 7.08. The molecule has 9 heteroatoms. The van der Waals surface area contributed by atoms with Crippen LogP contribution in [-0.2, 0) is 6.42 Å². The lowest BCUT2D eigenvalue weighted by molar-refractivity contribution is -0.0455. The van der Waals surface area contributed by atoms with Gasteiger partial charge in [-0.15, -0.1) is 0 Å². The number of carbonyl (C=O) groups excluding carboxylic acids is 1. The van der Waals surface area contributed by atoms with E-state index >= 15 is 0 Å². The van der Waals surface area contributed by atoms with Gasteiger partial charge in [0.2, 0.25) is 5.88 Å². The predicted molar refractivity (Wildman–Crippen MR) is 162 cm³/mol. The Bertz CT molecular complexity index is 1390. The Morgan fingerprint density at radius 1 is 1.02 bits per heavy atom. The summed E-state index contributed by atoms with van der Waals surface area (Å²) in [5.41, 5.74) is 4.95. The molecule has 3 aromatic rings. The van der Waals surface area contributed by atoms with Crippen LogP contribution in [-0.4, -0.2) is 86.0 Å². The maximum Gasteiger partial charge on any atom is 0.257 e. The molecule has 2 unspecified atom stereocenters. The molecule has 3 atom stereocenters. The molecule has 0 N–H and O–H groups in total. The zero-order valence-electron chi connectivity index (χ0n) is 24.4. The number of fused-ring (bicyclic) bond motifs is 1. The first kappa shape index (κ1) is 28.2. The van der Waals surface area contributed by atoms with Gasteiger partial charge in [-0.3, -0.25) is 14.6 Å². The number of pyridine rings is 1. The largest absolute Gasteiger partial charge is 0.472 e. The van der Waals surface area contributed by atoms with Gasteiger partial charge in [-0.05, 0) is 69.9 Å². The van der Waals surface area contributed by atoms with Gasteiger partial charge in [0.1, 0.15) is 12.4 Å². The second kappa shape index (κ2) is 11.4. The number of hydrogen-bond donors (Lipinski definition) is 0. The predicted octanol–water partition coefficient (Wildman–Crippen LogP) is 5.00. The van der Waals surface area contributed by atoms with Crippen molar-refractivity contribution in [1.29, 1.82) is 0 Å². The molecule has 0 spiro atoms. The summed E-state index contributed by atoms with van der Waals surface area (Å²) in [6.45, 7) is 13.0. The number of piperazine rings is 1. The van der Waals surface area contributed by atoms with Gasteiger partial charge in [-0.1, -0.05) is 28.1 Å². The van der Waals surface area contributed by atoms with E-state index in [4.69, 9.17) is 4.74 Å². The SMILES string of the molecule is Cc1ncnc(C)c1C(=O)N1CCC(C)(N2CCN([C@@H]3c4ccc(Br)cc4CC3Oc3ccccn3)C(C)C2)CC1. The van der Waals surface area contributed by atoms with Crippen molar-refractivity contribution in [3.05, 3.63) is 81.5 Å². The molecule has 1 aliphatic carbocycles. The van der Waals surface area contributed by atoms with Crippen LogP contribution in [0.2, 0.25) is 0 Å². The molecule has 2 aliphatic heterocycles. The third-order valence-electron chi connectivity index (χ3n) is 9.47. The van der Waals surface area contributed by atoms with E-state index in [1.54, 1.807) is 6.20 Å². The molecule has 2 fully saturated rings. The number of likely N-dealkylation sites (tertiary alicyclic amines) is 1. The third-order valence-corrected chi connectivity index (χ3v) is 9.97. The number of ether oxygens (including phenoxy) is 1. The van der Waals surface area contributed by atoms with Crippen molar-refractivity contribution >= 4 is 21.8 Å². The van der Waals surface area contributed by atoms with E-state index in [0.29, 0.717) is 17.5 Å². The molecule has 4 heterocycles. The summed E-state index contributed by atoms with van der Waals surface area (Å²) in [6.07, 6.45) is 6.13. The number of aryl methyl sites for hydroxylation is 2. The molecule has 2 aromatic heterocycles. The van der Waals surface area contributed by atoms with Crippen molar-refractivity contribution in [2.45, 2.75) is 70.7 Å². The highest BCUT2D eigenvalue weighted by molar-refractivity contribution is 9.10. The molecular formula is C32H39BrN6O2. The van der Waals surface area contributed by atoms with E-state index in [9.17, 15) is 4.79 Å². The molecule has 6 rings (SSSR count). The van der Waals surface area contributed by atoms with Crippen LogP contribution in [0.15, 0.2) is 53.4 Å². The van der Waals surface area contributed by atoms with Crippen LogP contribution in [0.25, 0.3) is 0 Å². The van der Waals surface area contributed by atoms with Crippen molar-refractivity contribution in [2.24, 2.45) is 0 Å². The topological polar surface area (TPSA) is 74.7 Å². The summed E-state index contributed by atoms with van der Waals surface area (Å²) in [6, 6.07) is 13.1. The van der Waals surface area contributed by atoms with Gasteiger partial charge in [-0.25, -0.2) is 15.0 Å². The second-order valence-corrected chi connectivity index (χ2v) is 13.0. The average molecular weight is 620 g/mol. The molecule has 41 heavy (non-hydrogen) atoms. The van der Waals surface area contributed by atoms with Crippen molar-refractivity contribution in [1.82, 2.24) is 29.7 Å². The zero-order valence-corrected chi connectivity index (χ0v) is 26.0. The summed E-state index contributed by atoms with van der Waals surface area (Å²) in [5.74, 6) is 0.744. The van der Waals surface area contributed by atoms with Gasteiger partial charge in [-0.2, -0.15) is 0 Å². The number of nitrogens with zero attached hydrogens (tertiary/aromatic N) is 6. The zero-order chi connectivity index (χ0) is 28.7. The number of halogens is 1. The number of hydrogen-bond acceptors (Lipinski definition) is 7. The maximum absolute atomic E-state index is 13.4. The standard InChI is InChI=1S/C32H39BrN6O2/c1-21-19-38(32(4)10-13-37(14-11-32)31(40)29-22(2)35-20-36-23(29)3)15-16-39(21)30-26-9-8-25(33)17-24(26)18-27(30)41-28-7-5-6-12-34-28/h5-9,12,17,20-21,27,30H,10-11,13-16,18-19H2,1-4H3/t21?,27?,30-/m1/s1. The Morgan fingerprint density at radius 3 is 2.46 bits per heavy atom. The molecule has 0 saturated carbocycles. The Kier molecular flexibility index (Phi) is 7.87. The molecule has 8 nitrogen and oxygen atoms in total. The van der Waals surface area contributed by atoms with Gasteiger partial charge in [0.25, 0.3) is 5.91 Å². The van der Waals surface area contributed by atoms with E-state index in [1.807, 2.05) is 36.9 Å². The smallest absolute Gasteiger partial charge is 0.257 e. The maximum atomic E-state index is 13.4. The lowest BCUT2D eigenvalue weighted by atomic mass is 9.86. The van der Waals surface area contributed by atoms with Crippen LogP contribution >= 0.6 is 15.9 Å². The van der Waals surface area contributed by atoms with Gasteiger partial charge in [0.15, 0.2) is 0 Å². The van der Waals surface area contributed by atoms with E-state index in [1.165, 1.54) is 17.5 Å². The highest BCUT2D eigenvalue weighted by Crippen LogP contribution is 2.42. The fourth-order valence-corrected chi connectivity index (χ4v) is 7.49. The number of benzene rings is 1. The monoisotopic (exact) mass is 618 g/mol. The summed E-state index contributed by atoms with van der Waals surface area (Å²) in [5, 5.41) is 0. The van der Waals surface area contributed by atoms with E-state index < -0.39 is 0 Å². The van der Waals surface area contributed by atoms with E-state index in [-0.39, 0.29) is 23.6 Å². The number of carbonyl (C=O) groups is 1. The first-order valence-corrected chi connectivity index (χ1v) is 15.5. The molecule has 216 valence electrons. The number of aromatic nitrogens is 3. The summed E-state index contributed by atoms with van der Waals surface area (Å²) in [4.78, 5) is 33.7. The lowest BCUT2D eigenvalue weighted by Crippen LogP contribution is -2.63. The molecule has 0 bridgehead atoms. The summed E-state index contributed by atoms with van der Waals surface area (Å²) >= 11 is 3.67. The van der Waals surface area contributed by atoms with Crippen molar-refractivity contribution in [2.75, 3.05) is 32.7 Å². The molecule has 0 radical (unpaired) electrons. The number of rotatable bonds is 5. The van der Waals surface area contributed by atoms with Crippen LogP contribution in [0.1, 0.15) is 65.6 Å². The minimum Gasteiger partial charge on any atom is -0.472 e. The van der Waals surface area contributed by atoms with Crippen LogP contribution in [0.4, 0.5) is 0 Å². The lowest BCUT2D eigenvalue weighted by Gasteiger charge is -2.53. The molecule has 1 aromatic carbocycles. The normalized spacial score (nSPS) is 24.7. The highest BCUT2D eigenvalue weighted by atomic mass is 79.9. The van der Waals surface area contributed by atoms with Gasteiger partial charge in [0.05, 0.1) is 23.0 Å². The first-order valence-electron chi connectivity index (χ1n) is 14.7. The van der Waals surface area contributed by atoms with Crippen LogP contribution < -0.4 is 4.74 Å². The fraction of sp³-hybridized carbons (Fsp3) is 0.500. The first-order chi connectivity index (χ1) is 19.7. The van der Waals surface area contributed by atoms with Gasteiger partial charge < -0.3 is 9.64 Å². The van der Waals surface area contributed by atoms with Crippen LogP contribution in [0.3, 0.4) is 0 Å². The third kappa shape index (κ3) is 5.51. The quantitative estimate of drug-likeness (QED) is 0.398. The minimum atomic E-state index is 0.0157. The van der Waals surface area contributed by atoms with Crippen LogP contribution in [0.5, 0.6) is 5.88 Å². The Morgan fingerprint density at radius 2 is 1.78 bits per heavy atom. The van der Waals surface area contributed by atoms with Gasteiger partial charge in [0, 0.05) is 67.5 Å². The van der Waals surface area contributed by atoms with Crippen LogP contribution in [0, 0.1) is 13.8 Å². The van der Waals surface area contributed by atoms with Crippen molar-refractivity contribution in [3.8, 4) is 5.88 Å². The average Bonchev–Trinajstić information content (AvgIpc) is 3.30. The molecule has 1 amide bonds. The highest BCUT2D eigenvalue weighted by Gasteiger charge is 2.45. The minimum absolute atomic E-state index is 0.0157. The Balaban J connectivity index is 1.14. The van der Waals surface area contributed by atoms with E-state index in [0.717, 1.165) is 67.8 Å². The summed E-state index contributed by atoms with van der Waals surface area (Å²) < 4.78 is 7.64. The molecular weight excluding hydrogens is 580 g/mol. The number of piperidine rings is 1. The Labute approximate surface area is 251 Å².